The van der Waals surface area contributed by atoms with Gasteiger partial charge in [0.15, 0.2) is 0 Å². The van der Waals surface area contributed by atoms with Crippen molar-refractivity contribution in [1.82, 2.24) is 0 Å². The van der Waals surface area contributed by atoms with Gasteiger partial charge in [0, 0.05) is 5.41 Å². The van der Waals surface area contributed by atoms with Gasteiger partial charge < -0.3 is 0 Å². The van der Waals surface area contributed by atoms with Gasteiger partial charge in [0.1, 0.15) is 0 Å². The van der Waals surface area contributed by atoms with Crippen LogP contribution >= 0.6 is 0 Å². The van der Waals surface area contributed by atoms with Gasteiger partial charge in [-0.25, -0.2) is 0 Å². The number of allylic oxidation sites excluding steroid dienone is 8. The summed E-state index contributed by atoms with van der Waals surface area (Å²) in [4.78, 5) is 0. The molecule has 0 aliphatic heterocycles. The first-order valence-electron chi connectivity index (χ1n) is 6.25. The Morgan fingerprint density at radius 3 is 2.76 bits per heavy atom. The van der Waals surface area contributed by atoms with E-state index in [-0.39, 0.29) is 5.41 Å². The molecule has 4 rings (SSSR count). The van der Waals surface area contributed by atoms with Gasteiger partial charge in [0.05, 0.1) is 0 Å². The first-order valence-corrected chi connectivity index (χ1v) is 6.25. The minimum Gasteiger partial charge on any atom is -0.0833 e. The number of benzene rings is 1. The molecule has 0 nitrogen and oxygen atoms in total. The molecule has 17 heavy (non-hydrogen) atoms. The van der Waals surface area contributed by atoms with Crippen molar-refractivity contribution < 1.29 is 0 Å². The summed E-state index contributed by atoms with van der Waals surface area (Å²) in [6.07, 6.45) is 16.0. The average molecular weight is 218 g/mol. The molecule has 0 N–H and O–H groups in total. The summed E-state index contributed by atoms with van der Waals surface area (Å²) >= 11 is 0. The summed E-state index contributed by atoms with van der Waals surface area (Å²) in [5.41, 5.74) is 6.10. The van der Waals surface area contributed by atoms with Crippen molar-refractivity contribution in [3.8, 4) is 0 Å². The van der Waals surface area contributed by atoms with E-state index in [0.717, 1.165) is 12.8 Å². The van der Waals surface area contributed by atoms with E-state index in [1.54, 1.807) is 0 Å². The van der Waals surface area contributed by atoms with Gasteiger partial charge >= 0.3 is 0 Å². The van der Waals surface area contributed by atoms with Crippen LogP contribution in [0.25, 0.3) is 11.1 Å². The fraction of sp³-hybridized carbons (Fsp3) is 0.176. The highest BCUT2D eigenvalue weighted by Gasteiger charge is 2.39. The molecule has 1 atom stereocenters. The Balaban J connectivity index is 2.08. The second-order valence-electron chi connectivity index (χ2n) is 5.14. The van der Waals surface area contributed by atoms with Gasteiger partial charge in [-0.1, -0.05) is 60.7 Å². The van der Waals surface area contributed by atoms with Gasteiger partial charge in [0.2, 0.25) is 0 Å². The molecular formula is C17H14. The van der Waals surface area contributed by atoms with Crippen molar-refractivity contribution in [2.45, 2.75) is 12.8 Å². The van der Waals surface area contributed by atoms with Crippen LogP contribution in [0.2, 0.25) is 0 Å². The second-order valence-corrected chi connectivity index (χ2v) is 5.14. The van der Waals surface area contributed by atoms with Crippen LogP contribution in [0, 0.1) is 5.41 Å². The zero-order valence-corrected chi connectivity index (χ0v) is 9.69. The van der Waals surface area contributed by atoms with Gasteiger partial charge in [-0.2, -0.15) is 0 Å². The largest absolute Gasteiger partial charge is 0.0833 e. The molecule has 1 aromatic carbocycles. The summed E-state index contributed by atoms with van der Waals surface area (Å²) in [5, 5.41) is 0. The third-order valence-electron chi connectivity index (χ3n) is 4.20. The SMILES string of the molecule is C1=CCC23C=CC=C(C2)c2ccccc2C3=C1. The molecule has 3 aliphatic rings. The molecule has 0 aromatic heterocycles. The highest BCUT2D eigenvalue weighted by molar-refractivity contribution is 5.91. The molecule has 0 fully saturated rings. The summed E-state index contributed by atoms with van der Waals surface area (Å²) < 4.78 is 0. The van der Waals surface area contributed by atoms with Crippen molar-refractivity contribution in [3.63, 3.8) is 0 Å². The van der Waals surface area contributed by atoms with Gasteiger partial charge in [0.25, 0.3) is 0 Å². The monoisotopic (exact) mass is 218 g/mol. The summed E-state index contributed by atoms with van der Waals surface area (Å²) in [7, 11) is 0. The average Bonchev–Trinajstić information content (AvgIpc) is 2.39. The Labute approximate surface area is 102 Å². The molecule has 0 radical (unpaired) electrons. The number of hydrogen-bond acceptors (Lipinski definition) is 0. The standard InChI is InChI=1S/C17H14/c1-2-8-15-14(7-1)13-6-5-11-17(12-13)10-4-3-9-16(15)17/h1-9,11H,10,12H2. The predicted molar refractivity (Wildman–Crippen MR) is 72.3 cm³/mol. The van der Waals surface area contributed by atoms with Crippen molar-refractivity contribution in [1.29, 1.82) is 0 Å². The molecule has 0 heteroatoms. The van der Waals surface area contributed by atoms with Crippen LogP contribution in [0.15, 0.2) is 60.7 Å². The van der Waals surface area contributed by atoms with Crippen LogP contribution in [-0.4, -0.2) is 0 Å². The maximum atomic E-state index is 2.39. The molecule has 0 saturated heterocycles. The minimum atomic E-state index is 0.243. The third kappa shape index (κ3) is 1.13. The van der Waals surface area contributed by atoms with E-state index in [2.05, 4.69) is 60.7 Å². The van der Waals surface area contributed by atoms with E-state index < -0.39 is 0 Å². The van der Waals surface area contributed by atoms with E-state index in [1.165, 1.54) is 22.3 Å². The Hall–Kier alpha value is -1.82. The van der Waals surface area contributed by atoms with Crippen molar-refractivity contribution in [2.75, 3.05) is 0 Å². The Morgan fingerprint density at radius 2 is 1.82 bits per heavy atom. The normalized spacial score (nSPS) is 28.0. The minimum absolute atomic E-state index is 0.243. The lowest BCUT2D eigenvalue weighted by atomic mass is 9.61. The summed E-state index contributed by atoms with van der Waals surface area (Å²) in [6, 6.07) is 8.81. The van der Waals surface area contributed by atoms with Crippen LogP contribution < -0.4 is 0 Å². The van der Waals surface area contributed by atoms with E-state index in [0.29, 0.717) is 0 Å². The topological polar surface area (TPSA) is 0 Å². The molecule has 1 spiro atoms. The van der Waals surface area contributed by atoms with E-state index >= 15 is 0 Å². The highest BCUT2D eigenvalue weighted by Crippen LogP contribution is 2.55. The number of fused-ring (bicyclic) bond motifs is 4. The quantitative estimate of drug-likeness (QED) is 0.606. The van der Waals surface area contributed by atoms with E-state index in [1.807, 2.05) is 0 Å². The molecule has 3 aliphatic carbocycles. The molecule has 2 bridgehead atoms. The molecule has 1 unspecified atom stereocenters. The molecule has 82 valence electrons. The van der Waals surface area contributed by atoms with Crippen molar-refractivity contribution in [3.05, 3.63) is 71.8 Å². The van der Waals surface area contributed by atoms with Crippen molar-refractivity contribution >= 4 is 11.1 Å². The Bertz CT molecular complexity index is 611. The van der Waals surface area contributed by atoms with E-state index in [4.69, 9.17) is 0 Å². The summed E-state index contributed by atoms with van der Waals surface area (Å²) in [5.74, 6) is 0. The zero-order valence-electron chi connectivity index (χ0n) is 9.69. The predicted octanol–water partition coefficient (Wildman–Crippen LogP) is 4.37. The van der Waals surface area contributed by atoms with Crippen LogP contribution in [0.5, 0.6) is 0 Å². The fourth-order valence-corrected chi connectivity index (χ4v) is 3.39. The van der Waals surface area contributed by atoms with Crippen LogP contribution in [0.1, 0.15) is 24.0 Å². The molecular weight excluding hydrogens is 204 g/mol. The van der Waals surface area contributed by atoms with Gasteiger partial charge in [-0.05, 0) is 35.1 Å². The Morgan fingerprint density at radius 1 is 0.941 bits per heavy atom. The highest BCUT2D eigenvalue weighted by atomic mass is 14.4. The molecule has 0 saturated carbocycles. The lowest BCUT2D eigenvalue weighted by Gasteiger charge is -2.42. The Kier molecular flexibility index (Phi) is 1.69. The zero-order chi connectivity index (χ0) is 11.3. The van der Waals surface area contributed by atoms with Crippen LogP contribution in [0.3, 0.4) is 0 Å². The first-order chi connectivity index (χ1) is 8.39. The van der Waals surface area contributed by atoms with Crippen LogP contribution in [-0.2, 0) is 0 Å². The van der Waals surface area contributed by atoms with Crippen LogP contribution in [0.4, 0.5) is 0 Å². The van der Waals surface area contributed by atoms with E-state index in [9.17, 15) is 0 Å². The lowest BCUT2D eigenvalue weighted by Crippen LogP contribution is -2.27. The van der Waals surface area contributed by atoms with Gasteiger partial charge in [-0.3, -0.25) is 0 Å². The van der Waals surface area contributed by atoms with Crippen molar-refractivity contribution in [2.24, 2.45) is 5.41 Å². The van der Waals surface area contributed by atoms with Gasteiger partial charge in [-0.15, -0.1) is 0 Å². The molecule has 1 aromatic rings. The second kappa shape index (κ2) is 3.10. The number of rotatable bonds is 0. The smallest absolute Gasteiger partial charge is 0.0216 e. The maximum Gasteiger partial charge on any atom is 0.0216 e. The number of hydrogen-bond donors (Lipinski definition) is 0. The maximum absolute atomic E-state index is 2.39. The first kappa shape index (κ1) is 9.23. The summed E-state index contributed by atoms with van der Waals surface area (Å²) in [6.45, 7) is 0. The molecule has 0 heterocycles. The molecule has 0 amide bonds. The third-order valence-corrected chi connectivity index (χ3v) is 4.20. The lowest BCUT2D eigenvalue weighted by molar-refractivity contribution is 0.520. The fourth-order valence-electron chi connectivity index (χ4n) is 3.39.